The average molecular weight is 415 g/mol. The number of phenolic OH excluding ortho intramolecular Hbond substituents is 1. The molecule has 2 aromatic heterocycles. The first kappa shape index (κ1) is 23.1. The van der Waals surface area contributed by atoms with Crippen molar-refractivity contribution in [3.8, 4) is 5.75 Å². The number of hydrogen-bond acceptors (Lipinski definition) is 8. The number of carbonyl (C=O) groups excluding carboxylic acids is 1. The first-order valence-electron chi connectivity index (χ1n) is 9.65. The number of nitrogens with zero attached hydrogens (tertiary/aromatic N) is 4. The maximum absolute atomic E-state index is 11.1. The molecule has 9 nitrogen and oxygen atoms in total. The number of hydrogen-bond donors (Lipinski definition) is 3. The first-order valence-corrected chi connectivity index (χ1v) is 9.65. The molecule has 0 aliphatic carbocycles. The van der Waals surface area contributed by atoms with Crippen LogP contribution in [0.1, 0.15) is 21.5 Å². The number of rotatable bonds is 2. The van der Waals surface area contributed by atoms with E-state index in [1.807, 2.05) is 26.0 Å². The number of ether oxygens (including phenoxy) is 1. The second-order valence-electron chi connectivity index (χ2n) is 6.77. The number of nitrogen functional groups attached to an aromatic ring is 1. The first-order chi connectivity index (χ1) is 14.4. The molecular weight excluding hydrogens is 384 g/mol. The molecule has 162 valence electrons. The van der Waals surface area contributed by atoms with E-state index in [0.29, 0.717) is 41.5 Å². The van der Waals surface area contributed by atoms with Gasteiger partial charge in [0.1, 0.15) is 22.9 Å². The minimum atomic E-state index is 0.376. The van der Waals surface area contributed by atoms with Crippen molar-refractivity contribution < 1.29 is 14.6 Å². The number of aromatic nitrogens is 3. The summed E-state index contributed by atoms with van der Waals surface area (Å²) in [7, 11) is 3.27. The Balaban J connectivity index is 0.000000245. The largest absolute Gasteiger partial charge is 0.508 e. The van der Waals surface area contributed by atoms with Crippen LogP contribution in [0.2, 0.25) is 0 Å². The summed E-state index contributed by atoms with van der Waals surface area (Å²) in [6.07, 6.45) is 2.44. The zero-order chi connectivity index (χ0) is 22.3. The highest BCUT2D eigenvalue weighted by molar-refractivity contribution is 6.00. The van der Waals surface area contributed by atoms with Gasteiger partial charge in [0.25, 0.3) is 0 Å². The monoisotopic (exact) mass is 414 g/mol. The van der Waals surface area contributed by atoms with Crippen LogP contribution in [0, 0.1) is 13.8 Å². The highest BCUT2D eigenvalue weighted by Crippen LogP contribution is 2.25. The highest BCUT2D eigenvalue weighted by Gasteiger charge is 2.18. The maximum Gasteiger partial charge on any atom is 0.160 e. The molecule has 1 aromatic carbocycles. The van der Waals surface area contributed by atoms with Gasteiger partial charge in [-0.25, -0.2) is 9.97 Å². The van der Waals surface area contributed by atoms with E-state index < -0.39 is 0 Å². The smallest absolute Gasteiger partial charge is 0.160 e. The van der Waals surface area contributed by atoms with Crippen molar-refractivity contribution in [2.75, 3.05) is 44.0 Å². The Labute approximate surface area is 176 Å². The summed E-state index contributed by atoms with van der Waals surface area (Å²) in [5.74, 6) is 1.52. The van der Waals surface area contributed by atoms with Crippen LogP contribution < -0.4 is 16.4 Å². The van der Waals surface area contributed by atoms with Crippen molar-refractivity contribution in [1.82, 2.24) is 14.5 Å². The van der Waals surface area contributed by atoms with Crippen LogP contribution in [0.25, 0.3) is 11.2 Å². The molecule has 0 atom stereocenters. The van der Waals surface area contributed by atoms with Crippen LogP contribution in [0.3, 0.4) is 0 Å². The minimum Gasteiger partial charge on any atom is -0.508 e. The molecule has 4 rings (SSSR count). The Morgan fingerprint density at radius 3 is 2.43 bits per heavy atom. The number of benzene rings is 1. The third kappa shape index (κ3) is 5.05. The standard InChI is InChI=1S/C12H15N5O2.C8H10O.CH5N/c1-16-11(13)8(7-18)10-12(16)14-6-9(15-10)17-2-4-19-5-3-17;1-6-3-4-8(9)7(2)5-6;1-2/h6-7H,2-5,13H2,1H3;3-5,9H,1-2H3;2H2,1H3. The van der Waals surface area contributed by atoms with E-state index in [2.05, 4.69) is 20.6 Å². The van der Waals surface area contributed by atoms with Crippen LogP contribution in [0.5, 0.6) is 5.75 Å². The summed E-state index contributed by atoms with van der Waals surface area (Å²) in [6, 6.07) is 5.56. The SMILES string of the molecule is CN.Cc1ccc(O)c(C)c1.Cn1c(N)c(C=O)c2nc(N3CCOCC3)cnc21. The topological polar surface area (TPSA) is 133 Å². The fraction of sp³-hybridized carbons (Fsp3) is 0.381. The van der Waals surface area contributed by atoms with E-state index in [1.165, 1.54) is 12.6 Å². The molecule has 0 spiro atoms. The molecule has 5 N–H and O–H groups in total. The summed E-state index contributed by atoms with van der Waals surface area (Å²) in [4.78, 5) is 22.1. The van der Waals surface area contributed by atoms with Gasteiger partial charge < -0.3 is 30.8 Å². The van der Waals surface area contributed by atoms with Crippen LogP contribution >= 0.6 is 0 Å². The number of morpholine rings is 1. The number of nitrogens with two attached hydrogens (primary N) is 2. The highest BCUT2D eigenvalue weighted by atomic mass is 16.5. The van der Waals surface area contributed by atoms with Gasteiger partial charge in [0.15, 0.2) is 11.9 Å². The van der Waals surface area contributed by atoms with E-state index in [4.69, 9.17) is 15.6 Å². The number of carbonyl (C=O) groups is 1. The van der Waals surface area contributed by atoms with Crippen LogP contribution in [0.15, 0.2) is 24.4 Å². The van der Waals surface area contributed by atoms with Gasteiger partial charge in [0.05, 0.1) is 25.0 Å². The Hall–Kier alpha value is -3.17. The van der Waals surface area contributed by atoms with Crippen molar-refractivity contribution in [3.63, 3.8) is 0 Å². The predicted molar refractivity (Wildman–Crippen MR) is 119 cm³/mol. The van der Waals surface area contributed by atoms with Gasteiger partial charge in [-0.15, -0.1) is 0 Å². The fourth-order valence-electron chi connectivity index (χ4n) is 3.08. The van der Waals surface area contributed by atoms with Crippen LogP contribution in [-0.2, 0) is 11.8 Å². The van der Waals surface area contributed by atoms with Crippen LogP contribution in [0.4, 0.5) is 11.6 Å². The van der Waals surface area contributed by atoms with Crippen molar-refractivity contribution >= 4 is 29.1 Å². The van der Waals surface area contributed by atoms with Gasteiger partial charge in [-0.2, -0.15) is 0 Å². The van der Waals surface area contributed by atoms with Crippen molar-refractivity contribution in [2.45, 2.75) is 13.8 Å². The number of phenols is 1. The number of anilines is 2. The summed E-state index contributed by atoms with van der Waals surface area (Å²) in [6.45, 7) is 6.81. The Morgan fingerprint density at radius 1 is 1.20 bits per heavy atom. The number of aldehydes is 1. The molecule has 0 saturated carbocycles. The van der Waals surface area contributed by atoms with Crippen molar-refractivity contribution in [1.29, 1.82) is 0 Å². The van der Waals surface area contributed by atoms with Gasteiger partial charge in [-0.3, -0.25) is 4.79 Å². The molecule has 0 amide bonds. The third-order valence-electron chi connectivity index (χ3n) is 4.76. The normalized spacial score (nSPS) is 13.2. The average Bonchev–Trinajstić information content (AvgIpc) is 3.02. The summed E-state index contributed by atoms with van der Waals surface area (Å²) in [5, 5.41) is 9.04. The predicted octanol–water partition coefficient (Wildman–Crippen LogP) is 1.78. The van der Waals surface area contributed by atoms with E-state index in [1.54, 1.807) is 23.9 Å². The lowest BCUT2D eigenvalue weighted by Crippen LogP contribution is -2.36. The number of aryl methyl sites for hydroxylation is 3. The van der Waals surface area contributed by atoms with E-state index >= 15 is 0 Å². The van der Waals surface area contributed by atoms with Crippen LogP contribution in [-0.4, -0.2) is 59.3 Å². The molecule has 0 bridgehead atoms. The van der Waals surface area contributed by atoms with Gasteiger partial charge >= 0.3 is 0 Å². The van der Waals surface area contributed by atoms with Gasteiger partial charge in [0.2, 0.25) is 0 Å². The Morgan fingerprint density at radius 2 is 1.87 bits per heavy atom. The molecular formula is C21H30N6O3. The lowest BCUT2D eigenvalue weighted by molar-refractivity contribution is 0.112. The summed E-state index contributed by atoms with van der Waals surface area (Å²) in [5.41, 5.74) is 14.1. The molecule has 1 aliphatic heterocycles. The molecule has 3 heterocycles. The zero-order valence-corrected chi connectivity index (χ0v) is 17.9. The maximum atomic E-state index is 11.1. The van der Waals surface area contributed by atoms with Crippen molar-refractivity contribution in [2.24, 2.45) is 12.8 Å². The third-order valence-corrected chi connectivity index (χ3v) is 4.76. The number of aromatic hydroxyl groups is 1. The second-order valence-corrected chi connectivity index (χ2v) is 6.77. The lowest BCUT2D eigenvalue weighted by atomic mass is 10.1. The van der Waals surface area contributed by atoms with Gasteiger partial charge in [-0.05, 0) is 32.5 Å². The summed E-state index contributed by atoms with van der Waals surface area (Å²) >= 11 is 0. The van der Waals surface area contributed by atoms with E-state index in [-0.39, 0.29) is 0 Å². The molecule has 3 aromatic rings. The van der Waals surface area contributed by atoms with E-state index in [0.717, 1.165) is 30.8 Å². The molecule has 1 fully saturated rings. The lowest BCUT2D eigenvalue weighted by Gasteiger charge is -2.27. The molecule has 0 radical (unpaired) electrons. The van der Waals surface area contributed by atoms with Gasteiger partial charge in [-0.1, -0.05) is 17.7 Å². The fourth-order valence-corrected chi connectivity index (χ4v) is 3.08. The molecule has 1 aliphatic rings. The molecule has 1 saturated heterocycles. The number of fused-ring (bicyclic) bond motifs is 1. The Bertz CT molecular complexity index is 996. The molecule has 30 heavy (non-hydrogen) atoms. The van der Waals surface area contributed by atoms with E-state index in [9.17, 15) is 4.79 Å². The quantitative estimate of drug-likeness (QED) is 0.541. The van der Waals surface area contributed by atoms with Crippen molar-refractivity contribution in [3.05, 3.63) is 41.1 Å². The Kier molecular flexibility index (Phi) is 8.14. The summed E-state index contributed by atoms with van der Waals surface area (Å²) < 4.78 is 6.98. The minimum absolute atomic E-state index is 0.376. The van der Waals surface area contributed by atoms with Gasteiger partial charge in [0, 0.05) is 20.1 Å². The molecule has 9 heteroatoms. The second kappa shape index (κ2) is 10.6. The molecule has 0 unspecified atom stereocenters. The zero-order valence-electron chi connectivity index (χ0n) is 17.9.